The lowest BCUT2D eigenvalue weighted by atomic mass is 9.77. The maximum atomic E-state index is 12.8. The number of hydrogen-bond donors (Lipinski definition) is 1. The fourth-order valence-electron chi connectivity index (χ4n) is 4.17. The van der Waals surface area contributed by atoms with Crippen LogP contribution in [0.4, 0.5) is 5.69 Å². The standard InChI is InChI=1S/C19H25N3O4/c1-20(2)14-6-4-13(5-7-14)17(24)22-10-8-19(9-11-22)15(18(25)26)12-16(23)21(19)3/h4-7,15H,8-12H2,1-3H3,(H,25,26)/t15-/m1/s1. The Labute approximate surface area is 153 Å². The Kier molecular flexibility index (Phi) is 4.64. The van der Waals surface area contributed by atoms with Crippen LogP contribution in [0.3, 0.4) is 0 Å². The van der Waals surface area contributed by atoms with Crippen molar-refractivity contribution in [2.45, 2.75) is 24.8 Å². The average Bonchev–Trinajstić information content (AvgIpc) is 2.87. The summed E-state index contributed by atoms with van der Waals surface area (Å²) in [4.78, 5) is 41.8. The number of anilines is 1. The van der Waals surface area contributed by atoms with E-state index in [1.165, 1.54) is 0 Å². The monoisotopic (exact) mass is 359 g/mol. The minimum atomic E-state index is -0.929. The van der Waals surface area contributed by atoms with E-state index >= 15 is 0 Å². The van der Waals surface area contributed by atoms with Gasteiger partial charge in [-0.05, 0) is 37.1 Å². The Balaban J connectivity index is 1.72. The van der Waals surface area contributed by atoms with Crippen molar-refractivity contribution in [2.75, 3.05) is 39.1 Å². The number of benzene rings is 1. The molecule has 0 unspecified atom stereocenters. The SMILES string of the molecule is CN(C)c1ccc(C(=O)N2CCC3(CC2)[C@@H](C(=O)O)CC(=O)N3C)cc1. The summed E-state index contributed by atoms with van der Waals surface area (Å²) in [6.45, 7) is 0.908. The third-order valence-electron chi connectivity index (χ3n) is 5.91. The van der Waals surface area contributed by atoms with Crippen molar-refractivity contribution in [1.29, 1.82) is 0 Å². The van der Waals surface area contributed by atoms with Gasteiger partial charge in [-0.1, -0.05) is 0 Å². The smallest absolute Gasteiger partial charge is 0.309 e. The van der Waals surface area contributed by atoms with Crippen molar-refractivity contribution in [1.82, 2.24) is 9.80 Å². The lowest BCUT2D eigenvalue weighted by Crippen LogP contribution is -2.56. The van der Waals surface area contributed by atoms with Crippen molar-refractivity contribution in [3.05, 3.63) is 29.8 Å². The molecule has 2 heterocycles. The summed E-state index contributed by atoms with van der Waals surface area (Å²) in [7, 11) is 5.57. The molecule has 26 heavy (non-hydrogen) atoms. The van der Waals surface area contributed by atoms with Crippen molar-refractivity contribution < 1.29 is 19.5 Å². The quantitative estimate of drug-likeness (QED) is 0.880. The van der Waals surface area contributed by atoms with Crippen LogP contribution in [-0.2, 0) is 9.59 Å². The fraction of sp³-hybridized carbons (Fsp3) is 0.526. The van der Waals surface area contributed by atoms with E-state index in [2.05, 4.69) is 0 Å². The maximum absolute atomic E-state index is 12.8. The summed E-state index contributed by atoms with van der Waals surface area (Å²) >= 11 is 0. The largest absolute Gasteiger partial charge is 0.481 e. The molecule has 1 spiro atoms. The number of rotatable bonds is 3. The van der Waals surface area contributed by atoms with E-state index in [1.54, 1.807) is 16.8 Å². The second-order valence-electron chi connectivity index (χ2n) is 7.38. The molecule has 0 saturated carbocycles. The molecule has 2 amide bonds. The van der Waals surface area contributed by atoms with Gasteiger partial charge in [-0.3, -0.25) is 14.4 Å². The number of hydrogen-bond acceptors (Lipinski definition) is 4. The van der Waals surface area contributed by atoms with Crippen molar-refractivity contribution >= 4 is 23.5 Å². The minimum Gasteiger partial charge on any atom is -0.481 e. The zero-order valence-electron chi connectivity index (χ0n) is 15.4. The van der Waals surface area contributed by atoms with Crippen LogP contribution >= 0.6 is 0 Å². The molecule has 0 aromatic heterocycles. The third-order valence-corrected chi connectivity index (χ3v) is 5.91. The number of aliphatic carboxylic acids is 1. The van der Waals surface area contributed by atoms with Crippen LogP contribution in [0.5, 0.6) is 0 Å². The van der Waals surface area contributed by atoms with Crippen LogP contribution in [0.2, 0.25) is 0 Å². The first kappa shape index (κ1) is 18.2. The van der Waals surface area contributed by atoms with Crippen LogP contribution in [0, 0.1) is 5.92 Å². The molecule has 0 bridgehead atoms. The lowest BCUT2D eigenvalue weighted by Gasteiger charge is -2.45. The molecule has 1 aromatic carbocycles. The number of carboxylic acids is 1. The predicted octanol–water partition coefficient (Wildman–Crippen LogP) is 1.29. The van der Waals surface area contributed by atoms with Gasteiger partial charge in [0.25, 0.3) is 5.91 Å². The van der Waals surface area contributed by atoms with Crippen LogP contribution in [0.1, 0.15) is 29.6 Å². The van der Waals surface area contributed by atoms with Crippen LogP contribution in [0.15, 0.2) is 24.3 Å². The summed E-state index contributed by atoms with van der Waals surface area (Å²) in [6.07, 6.45) is 1.03. The molecular weight excluding hydrogens is 334 g/mol. The first-order valence-electron chi connectivity index (χ1n) is 8.82. The van der Waals surface area contributed by atoms with Gasteiger partial charge in [0.1, 0.15) is 0 Å². The average molecular weight is 359 g/mol. The van der Waals surface area contributed by atoms with Crippen LogP contribution in [0.25, 0.3) is 0 Å². The van der Waals surface area contributed by atoms with E-state index < -0.39 is 17.4 Å². The number of carbonyl (C=O) groups is 3. The zero-order valence-corrected chi connectivity index (χ0v) is 15.4. The molecule has 2 saturated heterocycles. The number of carboxylic acid groups (broad SMARTS) is 1. The highest BCUT2D eigenvalue weighted by molar-refractivity contribution is 5.95. The van der Waals surface area contributed by atoms with E-state index in [0.29, 0.717) is 31.5 Å². The van der Waals surface area contributed by atoms with Crippen molar-refractivity contribution in [2.24, 2.45) is 5.92 Å². The molecule has 7 nitrogen and oxygen atoms in total. The predicted molar refractivity (Wildman–Crippen MR) is 97.2 cm³/mol. The van der Waals surface area contributed by atoms with Crippen LogP contribution < -0.4 is 4.90 Å². The number of carbonyl (C=O) groups excluding carboxylic acids is 2. The summed E-state index contributed by atoms with van der Waals surface area (Å²) in [6, 6.07) is 7.44. The summed E-state index contributed by atoms with van der Waals surface area (Å²) in [5, 5.41) is 9.53. The Morgan fingerprint density at radius 1 is 1.15 bits per heavy atom. The molecule has 2 fully saturated rings. The van der Waals surface area contributed by atoms with Crippen molar-refractivity contribution in [3.63, 3.8) is 0 Å². The Morgan fingerprint density at radius 2 is 1.73 bits per heavy atom. The topological polar surface area (TPSA) is 81.2 Å². The summed E-state index contributed by atoms with van der Waals surface area (Å²) in [5.41, 5.74) is 0.973. The Morgan fingerprint density at radius 3 is 2.23 bits per heavy atom. The van der Waals surface area contributed by atoms with E-state index in [1.807, 2.05) is 43.3 Å². The molecule has 1 N–H and O–H groups in total. The van der Waals surface area contributed by atoms with Gasteiger partial charge in [0.15, 0.2) is 0 Å². The molecule has 0 aliphatic carbocycles. The first-order valence-corrected chi connectivity index (χ1v) is 8.82. The van der Waals surface area contributed by atoms with E-state index in [0.717, 1.165) is 5.69 Å². The van der Waals surface area contributed by atoms with Gasteiger partial charge < -0.3 is 19.8 Å². The van der Waals surface area contributed by atoms with Gasteiger partial charge in [-0.15, -0.1) is 0 Å². The van der Waals surface area contributed by atoms with Gasteiger partial charge in [0, 0.05) is 51.9 Å². The van der Waals surface area contributed by atoms with E-state index in [-0.39, 0.29) is 18.2 Å². The number of amides is 2. The fourth-order valence-corrected chi connectivity index (χ4v) is 4.17. The Hall–Kier alpha value is -2.57. The second kappa shape index (κ2) is 6.63. The first-order chi connectivity index (χ1) is 12.3. The number of likely N-dealkylation sites (tertiary alicyclic amines) is 2. The molecule has 2 aliphatic heterocycles. The number of nitrogens with zero attached hydrogens (tertiary/aromatic N) is 3. The van der Waals surface area contributed by atoms with E-state index in [4.69, 9.17) is 0 Å². The molecule has 7 heteroatoms. The highest BCUT2D eigenvalue weighted by Gasteiger charge is 2.55. The summed E-state index contributed by atoms with van der Waals surface area (Å²) in [5.74, 6) is -1.81. The number of piperidine rings is 1. The molecule has 1 aromatic rings. The Bertz CT molecular complexity index is 721. The lowest BCUT2D eigenvalue weighted by molar-refractivity contribution is -0.145. The highest BCUT2D eigenvalue weighted by atomic mass is 16.4. The highest BCUT2D eigenvalue weighted by Crippen LogP contribution is 2.43. The molecule has 0 radical (unpaired) electrons. The maximum Gasteiger partial charge on any atom is 0.309 e. The van der Waals surface area contributed by atoms with Gasteiger partial charge in [-0.25, -0.2) is 0 Å². The van der Waals surface area contributed by atoms with E-state index in [9.17, 15) is 19.5 Å². The molecular formula is C19H25N3O4. The minimum absolute atomic E-state index is 0.0474. The molecule has 1 atom stereocenters. The molecule has 2 aliphatic rings. The van der Waals surface area contributed by atoms with Crippen molar-refractivity contribution in [3.8, 4) is 0 Å². The second-order valence-corrected chi connectivity index (χ2v) is 7.38. The summed E-state index contributed by atoms with van der Waals surface area (Å²) < 4.78 is 0. The molecule has 3 rings (SSSR count). The third kappa shape index (κ3) is 2.91. The van der Waals surface area contributed by atoms with Gasteiger partial charge >= 0.3 is 5.97 Å². The normalized spacial score (nSPS) is 22.0. The van der Waals surface area contributed by atoms with Gasteiger partial charge in [0.2, 0.25) is 5.91 Å². The van der Waals surface area contributed by atoms with Gasteiger partial charge in [0.05, 0.1) is 11.5 Å². The molecule has 140 valence electrons. The van der Waals surface area contributed by atoms with Crippen LogP contribution in [-0.4, -0.2) is 72.5 Å². The van der Waals surface area contributed by atoms with Gasteiger partial charge in [-0.2, -0.15) is 0 Å². The zero-order chi connectivity index (χ0) is 19.1.